The van der Waals surface area contributed by atoms with Crippen LogP contribution < -0.4 is 10.6 Å². The number of benzene rings is 1. The third-order valence-corrected chi connectivity index (χ3v) is 4.27. The van der Waals surface area contributed by atoms with Gasteiger partial charge in [-0.15, -0.1) is 11.3 Å². The predicted molar refractivity (Wildman–Crippen MR) is 90.9 cm³/mol. The van der Waals surface area contributed by atoms with Crippen LogP contribution in [-0.2, 0) is 10.3 Å². The molecule has 0 atom stereocenters. The number of non-ortho nitro benzene ring substituents is 1. The molecule has 1 aromatic carbocycles. The smallest absolute Gasteiger partial charge is 0.269 e. The molecule has 0 aliphatic carbocycles. The first-order valence-corrected chi connectivity index (χ1v) is 8.05. The van der Waals surface area contributed by atoms with Gasteiger partial charge >= 0.3 is 0 Å². The Morgan fingerprint density at radius 1 is 1.21 bits per heavy atom. The van der Waals surface area contributed by atoms with Gasteiger partial charge in [0.15, 0.2) is 0 Å². The molecule has 24 heavy (non-hydrogen) atoms. The molecule has 0 fully saturated rings. The third-order valence-electron chi connectivity index (χ3n) is 3.41. The molecule has 0 aliphatic rings. The molecule has 0 spiro atoms. The summed E-state index contributed by atoms with van der Waals surface area (Å²) in [7, 11) is 0. The normalized spacial score (nSPS) is 10.9. The van der Waals surface area contributed by atoms with Gasteiger partial charge in [0.2, 0.25) is 5.91 Å². The molecule has 1 aromatic heterocycles. The van der Waals surface area contributed by atoms with Gasteiger partial charge in [-0.1, -0.05) is 6.07 Å². The lowest BCUT2D eigenvalue weighted by Crippen LogP contribution is -2.45. The van der Waals surface area contributed by atoms with Gasteiger partial charge in [0, 0.05) is 12.1 Å². The van der Waals surface area contributed by atoms with Crippen LogP contribution in [0.3, 0.4) is 0 Å². The first kappa shape index (κ1) is 17.6. The first-order valence-electron chi connectivity index (χ1n) is 7.17. The number of amides is 2. The number of nitro groups is 1. The Labute approximate surface area is 142 Å². The summed E-state index contributed by atoms with van der Waals surface area (Å²) in [6.45, 7) is 3.42. The Morgan fingerprint density at radius 2 is 1.88 bits per heavy atom. The molecule has 0 saturated carbocycles. The minimum Gasteiger partial charge on any atom is -0.346 e. The molecular weight excluding hydrogens is 330 g/mol. The van der Waals surface area contributed by atoms with E-state index in [2.05, 4.69) is 10.6 Å². The first-order chi connectivity index (χ1) is 11.3. The molecule has 8 heteroatoms. The second kappa shape index (κ2) is 7.22. The number of carbonyl (C=O) groups excluding carboxylic acids is 2. The fourth-order valence-electron chi connectivity index (χ4n) is 2.12. The van der Waals surface area contributed by atoms with Crippen molar-refractivity contribution in [3.8, 4) is 0 Å². The summed E-state index contributed by atoms with van der Waals surface area (Å²) in [6, 6.07) is 9.42. The molecule has 126 valence electrons. The highest BCUT2D eigenvalue weighted by Crippen LogP contribution is 2.22. The number of nitrogens with zero attached hydrogens (tertiary/aromatic N) is 1. The number of carbonyl (C=O) groups is 2. The average molecular weight is 347 g/mol. The summed E-state index contributed by atoms with van der Waals surface area (Å²) in [5.41, 5.74) is -0.00465. The molecule has 1 heterocycles. The molecule has 2 amide bonds. The number of nitrogens with one attached hydrogen (secondary N) is 2. The van der Waals surface area contributed by atoms with Crippen LogP contribution in [0.5, 0.6) is 0 Å². The van der Waals surface area contributed by atoms with Gasteiger partial charge in [0.25, 0.3) is 11.6 Å². The van der Waals surface area contributed by atoms with Crippen molar-refractivity contribution >= 4 is 28.8 Å². The third kappa shape index (κ3) is 4.39. The standard InChI is InChI=1S/C16H17N3O4S/c1-16(2,11-5-7-12(8-6-11)19(22)23)18-14(20)10-17-15(21)13-4-3-9-24-13/h3-9H,10H2,1-2H3,(H,17,21)(H,18,20). The molecule has 0 bridgehead atoms. The lowest BCUT2D eigenvalue weighted by atomic mass is 9.94. The lowest BCUT2D eigenvalue weighted by Gasteiger charge is -2.27. The Bertz CT molecular complexity index is 739. The van der Waals surface area contributed by atoms with Crippen LogP contribution in [0.4, 0.5) is 5.69 Å². The van der Waals surface area contributed by atoms with Crippen molar-refractivity contribution in [3.05, 3.63) is 62.3 Å². The van der Waals surface area contributed by atoms with Crippen molar-refractivity contribution in [1.29, 1.82) is 0 Å². The largest absolute Gasteiger partial charge is 0.346 e. The lowest BCUT2D eigenvalue weighted by molar-refractivity contribution is -0.384. The summed E-state index contributed by atoms with van der Waals surface area (Å²) < 4.78 is 0. The summed E-state index contributed by atoms with van der Waals surface area (Å²) in [5, 5.41) is 17.8. The van der Waals surface area contributed by atoms with E-state index in [1.54, 1.807) is 43.5 Å². The maximum Gasteiger partial charge on any atom is 0.269 e. The Balaban J connectivity index is 1.94. The fraction of sp³-hybridized carbons (Fsp3) is 0.250. The monoisotopic (exact) mass is 347 g/mol. The van der Waals surface area contributed by atoms with Crippen molar-refractivity contribution in [2.24, 2.45) is 0 Å². The summed E-state index contributed by atoms with van der Waals surface area (Å²) >= 11 is 1.30. The van der Waals surface area contributed by atoms with Crippen molar-refractivity contribution in [2.45, 2.75) is 19.4 Å². The van der Waals surface area contributed by atoms with Gasteiger partial charge in [-0.3, -0.25) is 19.7 Å². The molecule has 0 saturated heterocycles. The van der Waals surface area contributed by atoms with E-state index in [0.717, 1.165) is 5.56 Å². The zero-order valence-corrected chi connectivity index (χ0v) is 14.1. The highest BCUT2D eigenvalue weighted by atomic mass is 32.1. The summed E-state index contributed by atoms with van der Waals surface area (Å²) in [6.07, 6.45) is 0. The van der Waals surface area contributed by atoms with E-state index in [9.17, 15) is 19.7 Å². The van der Waals surface area contributed by atoms with Crippen LogP contribution in [0.25, 0.3) is 0 Å². The molecule has 0 unspecified atom stereocenters. The van der Waals surface area contributed by atoms with Crippen LogP contribution in [0.15, 0.2) is 41.8 Å². The number of rotatable bonds is 6. The van der Waals surface area contributed by atoms with Gasteiger partial charge in [0.05, 0.1) is 21.9 Å². The zero-order chi connectivity index (χ0) is 17.7. The number of hydrogen-bond donors (Lipinski definition) is 2. The highest BCUT2D eigenvalue weighted by Gasteiger charge is 2.23. The fourth-order valence-corrected chi connectivity index (χ4v) is 2.76. The molecule has 0 aliphatic heterocycles. The number of thiophene rings is 1. The van der Waals surface area contributed by atoms with Gasteiger partial charge in [-0.25, -0.2) is 0 Å². The number of hydrogen-bond acceptors (Lipinski definition) is 5. The summed E-state index contributed by atoms with van der Waals surface area (Å²) in [4.78, 5) is 34.6. The minimum atomic E-state index is -0.722. The van der Waals surface area contributed by atoms with E-state index in [0.29, 0.717) is 4.88 Å². The van der Waals surface area contributed by atoms with E-state index in [-0.39, 0.29) is 24.0 Å². The van der Waals surface area contributed by atoms with Crippen molar-refractivity contribution < 1.29 is 14.5 Å². The molecule has 2 aromatic rings. The highest BCUT2D eigenvalue weighted by molar-refractivity contribution is 7.12. The molecule has 7 nitrogen and oxygen atoms in total. The maximum atomic E-state index is 12.1. The second-order valence-electron chi connectivity index (χ2n) is 5.64. The van der Waals surface area contributed by atoms with Crippen LogP contribution in [-0.4, -0.2) is 23.3 Å². The molecule has 2 N–H and O–H groups in total. The SMILES string of the molecule is CC(C)(NC(=O)CNC(=O)c1cccs1)c1ccc([N+](=O)[O-])cc1. The van der Waals surface area contributed by atoms with Crippen LogP contribution >= 0.6 is 11.3 Å². The van der Waals surface area contributed by atoms with E-state index in [4.69, 9.17) is 0 Å². The Morgan fingerprint density at radius 3 is 2.42 bits per heavy atom. The topological polar surface area (TPSA) is 101 Å². The van der Waals surface area contributed by atoms with Crippen LogP contribution in [0, 0.1) is 10.1 Å². The predicted octanol–water partition coefficient (Wildman–Crippen LogP) is 2.44. The quantitative estimate of drug-likeness (QED) is 0.619. The van der Waals surface area contributed by atoms with Gasteiger partial charge in [0.1, 0.15) is 0 Å². The van der Waals surface area contributed by atoms with Crippen LogP contribution in [0.2, 0.25) is 0 Å². The van der Waals surface area contributed by atoms with E-state index >= 15 is 0 Å². The van der Waals surface area contributed by atoms with Crippen molar-refractivity contribution in [2.75, 3.05) is 6.54 Å². The second-order valence-corrected chi connectivity index (χ2v) is 6.58. The van der Waals surface area contributed by atoms with E-state index in [1.165, 1.54) is 23.5 Å². The Hall–Kier alpha value is -2.74. The van der Waals surface area contributed by atoms with Gasteiger partial charge < -0.3 is 10.6 Å². The van der Waals surface area contributed by atoms with Gasteiger partial charge in [-0.05, 0) is 43.0 Å². The van der Waals surface area contributed by atoms with E-state index < -0.39 is 10.5 Å². The summed E-state index contributed by atoms with van der Waals surface area (Å²) in [5.74, 6) is -0.642. The molecule has 0 radical (unpaired) electrons. The molecular formula is C16H17N3O4S. The molecule has 2 rings (SSSR count). The van der Waals surface area contributed by atoms with E-state index in [1.807, 2.05) is 0 Å². The van der Waals surface area contributed by atoms with Crippen molar-refractivity contribution in [1.82, 2.24) is 10.6 Å². The van der Waals surface area contributed by atoms with Crippen molar-refractivity contribution in [3.63, 3.8) is 0 Å². The Kier molecular flexibility index (Phi) is 5.30. The number of nitro benzene ring substituents is 1. The maximum absolute atomic E-state index is 12.1. The van der Waals surface area contributed by atoms with Crippen LogP contribution in [0.1, 0.15) is 29.1 Å². The average Bonchev–Trinajstić information content (AvgIpc) is 3.07. The minimum absolute atomic E-state index is 0.0101. The van der Waals surface area contributed by atoms with Gasteiger partial charge in [-0.2, -0.15) is 0 Å². The zero-order valence-electron chi connectivity index (χ0n) is 13.2.